The SMILES string of the molecule is CCCCCCCCCCCCCCCC#Cc1cccc(N=C(CCCC)C(CCCCCC)=Nc2cccc(C#CCCCCCCCCCCCCCCC)c2)c1. The first-order valence-corrected chi connectivity index (χ1v) is 26.0. The number of hydrogen-bond donors (Lipinski definition) is 0. The molecule has 0 aliphatic heterocycles. The van der Waals surface area contributed by atoms with Gasteiger partial charge >= 0.3 is 0 Å². The molecule has 2 aromatic carbocycles. The molecule has 0 saturated heterocycles. The van der Waals surface area contributed by atoms with Gasteiger partial charge in [0.1, 0.15) is 0 Å². The highest BCUT2D eigenvalue weighted by Crippen LogP contribution is 2.22. The van der Waals surface area contributed by atoms with Gasteiger partial charge in [-0.2, -0.15) is 0 Å². The molecule has 0 saturated carbocycles. The minimum Gasteiger partial charge on any atom is -0.252 e. The number of unbranched alkanes of at least 4 members (excludes halogenated alkanes) is 30. The lowest BCUT2D eigenvalue weighted by atomic mass is 10.0. The van der Waals surface area contributed by atoms with Gasteiger partial charge in [0.2, 0.25) is 0 Å². The Labute approximate surface area is 373 Å². The van der Waals surface area contributed by atoms with Gasteiger partial charge in [0.25, 0.3) is 0 Å². The van der Waals surface area contributed by atoms with Gasteiger partial charge in [-0.3, -0.25) is 9.98 Å². The van der Waals surface area contributed by atoms with Crippen molar-refractivity contribution < 1.29 is 0 Å². The molecular formula is C58H92N2. The lowest BCUT2D eigenvalue weighted by Crippen LogP contribution is -2.14. The molecule has 0 aliphatic carbocycles. The topological polar surface area (TPSA) is 24.7 Å². The van der Waals surface area contributed by atoms with E-state index in [4.69, 9.17) is 9.98 Å². The Hall–Kier alpha value is -3.10. The summed E-state index contributed by atoms with van der Waals surface area (Å²) in [5.74, 6) is 13.8. The molecule has 0 atom stereocenters. The zero-order chi connectivity index (χ0) is 42.8. The second-order valence-corrected chi connectivity index (χ2v) is 17.7. The van der Waals surface area contributed by atoms with Crippen molar-refractivity contribution in [2.45, 2.75) is 259 Å². The number of rotatable bonds is 37. The third-order valence-electron chi connectivity index (χ3n) is 11.9. The molecule has 0 fully saturated rings. The van der Waals surface area contributed by atoms with Crippen molar-refractivity contribution in [3.63, 3.8) is 0 Å². The highest BCUT2D eigenvalue weighted by atomic mass is 14.8. The largest absolute Gasteiger partial charge is 0.252 e. The van der Waals surface area contributed by atoms with Gasteiger partial charge in [-0.05, 0) is 74.9 Å². The zero-order valence-electron chi connectivity index (χ0n) is 40.0. The second-order valence-electron chi connectivity index (χ2n) is 17.7. The number of aliphatic imine (C=N–C) groups is 2. The number of hydrogen-bond acceptors (Lipinski definition) is 2. The summed E-state index contributed by atoms with van der Waals surface area (Å²) in [7, 11) is 0. The predicted molar refractivity (Wildman–Crippen MR) is 270 cm³/mol. The van der Waals surface area contributed by atoms with E-state index in [0.717, 1.165) is 78.9 Å². The van der Waals surface area contributed by atoms with Crippen LogP contribution >= 0.6 is 0 Å². The first-order chi connectivity index (χ1) is 29.7. The Morgan fingerprint density at radius 2 is 0.650 bits per heavy atom. The van der Waals surface area contributed by atoms with Gasteiger partial charge in [-0.1, -0.05) is 243 Å². The van der Waals surface area contributed by atoms with Gasteiger partial charge in [0.15, 0.2) is 0 Å². The highest BCUT2D eigenvalue weighted by Gasteiger charge is 2.11. The zero-order valence-corrected chi connectivity index (χ0v) is 40.0. The van der Waals surface area contributed by atoms with Crippen LogP contribution in [-0.2, 0) is 0 Å². The quantitative estimate of drug-likeness (QED) is 0.0369. The molecule has 0 aliphatic rings. The van der Waals surface area contributed by atoms with Crippen LogP contribution in [0.1, 0.15) is 270 Å². The summed E-state index contributed by atoms with van der Waals surface area (Å²) >= 11 is 0. The average molecular weight is 817 g/mol. The lowest BCUT2D eigenvalue weighted by Gasteiger charge is -2.12. The molecule has 0 amide bonds. The summed E-state index contributed by atoms with van der Waals surface area (Å²) < 4.78 is 0. The minimum absolute atomic E-state index is 0.941. The summed E-state index contributed by atoms with van der Waals surface area (Å²) in [6, 6.07) is 17.1. The molecule has 2 heteroatoms. The van der Waals surface area contributed by atoms with Crippen molar-refractivity contribution in [3.05, 3.63) is 59.7 Å². The Morgan fingerprint density at radius 3 is 1.00 bits per heavy atom. The van der Waals surface area contributed by atoms with E-state index in [1.807, 2.05) is 0 Å². The van der Waals surface area contributed by atoms with Crippen LogP contribution in [0.15, 0.2) is 58.5 Å². The van der Waals surface area contributed by atoms with Crippen molar-refractivity contribution in [2.24, 2.45) is 9.98 Å². The summed E-state index contributed by atoms with van der Waals surface area (Å²) in [5, 5.41) is 0. The average Bonchev–Trinajstić information content (AvgIpc) is 3.26. The smallest absolute Gasteiger partial charge is 0.0646 e. The molecule has 0 spiro atoms. The van der Waals surface area contributed by atoms with E-state index < -0.39 is 0 Å². The fourth-order valence-corrected chi connectivity index (χ4v) is 8.00. The molecule has 60 heavy (non-hydrogen) atoms. The molecule has 0 N–H and O–H groups in total. The molecule has 2 nitrogen and oxygen atoms in total. The predicted octanol–water partition coefficient (Wildman–Crippen LogP) is 19.4. The summed E-state index contributed by atoms with van der Waals surface area (Å²) in [6.45, 7) is 9.14. The van der Waals surface area contributed by atoms with Crippen LogP contribution in [0.2, 0.25) is 0 Å². The maximum atomic E-state index is 5.32. The summed E-state index contributed by atoms with van der Waals surface area (Å²) in [4.78, 5) is 10.6. The van der Waals surface area contributed by atoms with Gasteiger partial charge in [0, 0.05) is 24.0 Å². The van der Waals surface area contributed by atoms with Crippen molar-refractivity contribution in [3.8, 4) is 23.7 Å². The van der Waals surface area contributed by atoms with E-state index in [1.54, 1.807) is 0 Å². The Bertz CT molecular complexity index is 1490. The van der Waals surface area contributed by atoms with Gasteiger partial charge in [-0.25, -0.2) is 0 Å². The molecular weight excluding hydrogens is 725 g/mol. The van der Waals surface area contributed by atoms with E-state index in [-0.39, 0.29) is 0 Å². The maximum Gasteiger partial charge on any atom is 0.0646 e. The van der Waals surface area contributed by atoms with Crippen LogP contribution in [0.3, 0.4) is 0 Å². The Kier molecular flexibility index (Phi) is 35.4. The van der Waals surface area contributed by atoms with E-state index in [2.05, 4.69) is 99.9 Å². The Balaban J connectivity index is 1.93. The molecule has 0 bridgehead atoms. The third kappa shape index (κ3) is 30.0. The van der Waals surface area contributed by atoms with Gasteiger partial charge in [-0.15, -0.1) is 0 Å². The van der Waals surface area contributed by atoms with Crippen molar-refractivity contribution in [1.82, 2.24) is 0 Å². The van der Waals surface area contributed by atoms with E-state index in [1.165, 1.54) is 186 Å². The summed E-state index contributed by atoms with van der Waals surface area (Å²) in [5.41, 5.74) is 6.37. The first kappa shape index (κ1) is 53.0. The lowest BCUT2D eigenvalue weighted by molar-refractivity contribution is 0.540. The van der Waals surface area contributed by atoms with E-state index in [9.17, 15) is 0 Å². The number of nitrogens with zero attached hydrogens (tertiary/aromatic N) is 2. The monoisotopic (exact) mass is 817 g/mol. The molecule has 0 heterocycles. The van der Waals surface area contributed by atoms with E-state index in [0.29, 0.717) is 0 Å². The van der Waals surface area contributed by atoms with Gasteiger partial charge < -0.3 is 0 Å². The van der Waals surface area contributed by atoms with Gasteiger partial charge in [0.05, 0.1) is 22.8 Å². The molecule has 334 valence electrons. The molecule has 0 unspecified atom stereocenters. The van der Waals surface area contributed by atoms with Crippen molar-refractivity contribution in [2.75, 3.05) is 0 Å². The molecule has 2 rings (SSSR count). The highest BCUT2D eigenvalue weighted by molar-refractivity contribution is 6.43. The third-order valence-corrected chi connectivity index (χ3v) is 11.9. The fourth-order valence-electron chi connectivity index (χ4n) is 8.00. The van der Waals surface area contributed by atoms with Crippen LogP contribution in [-0.4, -0.2) is 11.4 Å². The Morgan fingerprint density at radius 1 is 0.350 bits per heavy atom. The standard InChI is InChI=1S/C58H92N2/c1-5-9-13-16-18-20-22-24-26-28-30-32-34-36-38-43-53-45-41-47-55(51-53)59-57(49-12-8-4)58(50-40-15-11-7-3)60-56-48-42-46-54(52-56)44-39-37-35-33-31-29-27-25-23-21-19-17-14-10-6-2/h41-42,45-48,51-52H,5-37,40,49-50H2,1-4H3. The minimum atomic E-state index is 0.941. The fraction of sp³-hybridized carbons (Fsp3) is 0.690. The first-order valence-electron chi connectivity index (χ1n) is 26.0. The number of benzene rings is 2. The van der Waals surface area contributed by atoms with Crippen molar-refractivity contribution in [1.29, 1.82) is 0 Å². The van der Waals surface area contributed by atoms with Crippen molar-refractivity contribution >= 4 is 22.8 Å². The van der Waals surface area contributed by atoms with E-state index >= 15 is 0 Å². The maximum absolute atomic E-state index is 5.32. The molecule has 0 radical (unpaired) electrons. The second kappa shape index (κ2) is 40.0. The summed E-state index contributed by atoms with van der Waals surface area (Å²) in [6.07, 6.45) is 46.9. The van der Waals surface area contributed by atoms with Crippen LogP contribution in [0.5, 0.6) is 0 Å². The van der Waals surface area contributed by atoms with Crippen LogP contribution in [0, 0.1) is 23.7 Å². The normalized spacial score (nSPS) is 11.7. The van der Waals surface area contributed by atoms with Crippen LogP contribution in [0.4, 0.5) is 11.4 Å². The molecule has 2 aromatic rings. The van der Waals surface area contributed by atoms with Crippen LogP contribution < -0.4 is 0 Å². The molecule has 0 aromatic heterocycles. The van der Waals surface area contributed by atoms with Crippen LogP contribution in [0.25, 0.3) is 0 Å².